The molecule has 0 aliphatic heterocycles. The molecule has 0 aromatic carbocycles. The molecular formula is C7H12FN3. The van der Waals surface area contributed by atoms with Crippen molar-refractivity contribution in [1.82, 2.24) is 9.78 Å². The van der Waals surface area contributed by atoms with Crippen molar-refractivity contribution in [3.63, 3.8) is 0 Å². The van der Waals surface area contributed by atoms with Crippen LogP contribution in [-0.4, -0.2) is 23.0 Å². The van der Waals surface area contributed by atoms with Gasteiger partial charge in [0.1, 0.15) is 12.5 Å². The van der Waals surface area contributed by atoms with Crippen LogP contribution in [0.1, 0.15) is 5.69 Å². The van der Waals surface area contributed by atoms with E-state index >= 15 is 0 Å². The normalized spacial score (nSPS) is 10.1. The number of nitrogens with zero attached hydrogens (tertiary/aromatic N) is 2. The molecule has 1 rings (SSSR count). The van der Waals surface area contributed by atoms with Crippen LogP contribution in [0.5, 0.6) is 0 Å². The van der Waals surface area contributed by atoms with E-state index < -0.39 is 0 Å². The van der Waals surface area contributed by atoms with Crippen molar-refractivity contribution in [3.8, 4) is 0 Å². The summed E-state index contributed by atoms with van der Waals surface area (Å²) in [6.07, 6.45) is 0. The maximum atomic E-state index is 11.7. The number of aryl methyl sites for hydroxylation is 2. The molecule has 0 spiro atoms. The molecule has 0 aliphatic carbocycles. The van der Waals surface area contributed by atoms with Crippen molar-refractivity contribution in [3.05, 3.63) is 11.8 Å². The number of nitrogens with one attached hydrogen (secondary N) is 1. The smallest absolute Gasteiger partial charge is 0.148 e. The van der Waals surface area contributed by atoms with Gasteiger partial charge in [-0.2, -0.15) is 5.10 Å². The maximum absolute atomic E-state index is 11.7. The Kier molecular flexibility index (Phi) is 2.46. The minimum absolute atomic E-state index is 0.330. The van der Waals surface area contributed by atoms with Gasteiger partial charge in [0.2, 0.25) is 0 Å². The Balaban J connectivity index is 2.58. The van der Waals surface area contributed by atoms with Gasteiger partial charge in [0.25, 0.3) is 0 Å². The summed E-state index contributed by atoms with van der Waals surface area (Å²) in [6.45, 7) is 1.92. The molecule has 0 saturated carbocycles. The summed E-state index contributed by atoms with van der Waals surface area (Å²) in [4.78, 5) is 0. The van der Waals surface area contributed by atoms with Gasteiger partial charge in [-0.15, -0.1) is 0 Å². The fourth-order valence-electron chi connectivity index (χ4n) is 0.822. The van der Waals surface area contributed by atoms with Crippen LogP contribution in [0, 0.1) is 6.92 Å². The predicted molar refractivity (Wildman–Crippen MR) is 42.4 cm³/mol. The van der Waals surface area contributed by atoms with E-state index in [2.05, 4.69) is 10.4 Å². The van der Waals surface area contributed by atoms with Gasteiger partial charge >= 0.3 is 0 Å². The molecule has 0 bridgehead atoms. The van der Waals surface area contributed by atoms with E-state index in [1.54, 1.807) is 4.68 Å². The second-order valence-electron chi connectivity index (χ2n) is 2.41. The summed E-state index contributed by atoms with van der Waals surface area (Å²) in [5.41, 5.74) is 1.06. The van der Waals surface area contributed by atoms with Gasteiger partial charge in [0.05, 0.1) is 0 Å². The molecule has 0 atom stereocenters. The lowest BCUT2D eigenvalue weighted by Gasteiger charge is -1.95. The molecule has 4 heteroatoms. The predicted octanol–water partition coefficient (Wildman–Crippen LogP) is 1.11. The summed E-state index contributed by atoms with van der Waals surface area (Å²) >= 11 is 0. The molecule has 0 aliphatic rings. The van der Waals surface area contributed by atoms with E-state index in [0.29, 0.717) is 6.54 Å². The first-order chi connectivity index (χ1) is 5.24. The highest BCUT2D eigenvalue weighted by atomic mass is 19.1. The highest BCUT2D eigenvalue weighted by molar-refractivity contribution is 5.35. The van der Waals surface area contributed by atoms with Gasteiger partial charge in [-0.1, -0.05) is 0 Å². The van der Waals surface area contributed by atoms with Crippen LogP contribution >= 0.6 is 0 Å². The van der Waals surface area contributed by atoms with Crippen LogP contribution in [0.3, 0.4) is 0 Å². The Labute approximate surface area is 65.2 Å². The van der Waals surface area contributed by atoms with Crippen molar-refractivity contribution in [2.75, 3.05) is 18.5 Å². The summed E-state index contributed by atoms with van der Waals surface area (Å²) < 4.78 is 13.4. The Morgan fingerprint density at radius 3 is 2.91 bits per heavy atom. The standard InChI is InChI=1S/C7H12FN3/c1-6-5-7(9-4-3-8)10-11(6)2/h5H,3-4H2,1-2H3,(H,9,10). The minimum Gasteiger partial charge on any atom is -0.366 e. The van der Waals surface area contributed by atoms with Gasteiger partial charge in [0, 0.05) is 25.4 Å². The Morgan fingerprint density at radius 2 is 2.45 bits per heavy atom. The number of hydrogen-bond acceptors (Lipinski definition) is 2. The Hall–Kier alpha value is -1.06. The largest absolute Gasteiger partial charge is 0.366 e. The van der Waals surface area contributed by atoms with E-state index in [4.69, 9.17) is 0 Å². The lowest BCUT2D eigenvalue weighted by atomic mass is 10.4. The second kappa shape index (κ2) is 3.37. The third-order valence-corrected chi connectivity index (χ3v) is 1.51. The molecule has 1 heterocycles. The molecular weight excluding hydrogens is 145 g/mol. The molecule has 1 aromatic rings. The minimum atomic E-state index is -0.365. The lowest BCUT2D eigenvalue weighted by molar-refractivity contribution is 0.512. The average molecular weight is 157 g/mol. The molecule has 0 amide bonds. The first-order valence-electron chi connectivity index (χ1n) is 3.54. The maximum Gasteiger partial charge on any atom is 0.148 e. The van der Waals surface area contributed by atoms with Crippen molar-refractivity contribution in [1.29, 1.82) is 0 Å². The zero-order chi connectivity index (χ0) is 8.27. The van der Waals surface area contributed by atoms with Crippen LogP contribution in [-0.2, 0) is 7.05 Å². The molecule has 0 fully saturated rings. The molecule has 0 saturated heterocycles. The SMILES string of the molecule is Cc1cc(NCCF)nn1C. The van der Waals surface area contributed by atoms with Crippen LogP contribution < -0.4 is 5.32 Å². The lowest BCUT2D eigenvalue weighted by Crippen LogP contribution is -2.03. The van der Waals surface area contributed by atoms with Crippen LogP contribution in [0.25, 0.3) is 0 Å². The molecule has 0 radical (unpaired) electrons. The number of alkyl halides is 1. The third kappa shape index (κ3) is 1.93. The van der Waals surface area contributed by atoms with E-state index in [0.717, 1.165) is 11.5 Å². The van der Waals surface area contributed by atoms with Gasteiger partial charge < -0.3 is 5.32 Å². The second-order valence-corrected chi connectivity index (χ2v) is 2.41. The summed E-state index contributed by atoms with van der Waals surface area (Å²) in [5, 5.41) is 6.94. The Bertz CT molecular complexity index is 212. The van der Waals surface area contributed by atoms with Gasteiger partial charge in [-0.25, -0.2) is 4.39 Å². The average Bonchev–Trinajstić information content (AvgIpc) is 2.28. The molecule has 0 unspecified atom stereocenters. The number of halogens is 1. The number of rotatable bonds is 3. The first-order valence-corrected chi connectivity index (χ1v) is 3.54. The van der Waals surface area contributed by atoms with Crippen molar-refractivity contribution >= 4 is 5.82 Å². The van der Waals surface area contributed by atoms with Crippen molar-refractivity contribution in [2.45, 2.75) is 6.92 Å². The fraction of sp³-hybridized carbons (Fsp3) is 0.571. The zero-order valence-electron chi connectivity index (χ0n) is 6.76. The van der Waals surface area contributed by atoms with E-state index in [1.165, 1.54) is 0 Å². The summed E-state index contributed by atoms with van der Waals surface area (Å²) in [6, 6.07) is 1.88. The van der Waals surface area contributed by atoms with Gasteiger partial charge in [-0.05, 0) is 6.92 Å². The van der Waals surface area contributed by atoms with Crippen molar-refractivity contribution in [2.24, 2.45) is 7.05 Å². The highest BCUT2D eigenvalue weighted by Crippen LogP contribution is 2.05. The van der Waals surface area contributed by atoms with Crippen LogP contribution in [0.15, 0.2) is 6.07 Å². The van der Waals surface area contributed by atoms with E-state index in [-0.39, 0.29) is 6.67 Å². The number of hydrogen-bond donors (Lipinski definition) is 1. The number of anilines is 1. The number of aromatic nitrogens is 2. The topological polar surface area (TPSA) is 29.9 Å². The molecule has 1 N–H and O–H groups in total. The molecule has 1 aromatic heterocycles. The highest BCUT2D eigenvalue weighted by Gasteiger charge is 1.98. The molecule has 62 valence electrons. The van der Waals surface area contributed by atoms with E-state index in [1.807, 2.05) is 20.0 Å². The van der Waals surface area contributed by atoms with Crippen LogP contribution in [0.4, 0.5) is 10.2 Å². The fourth-order valence-corrected chi connectivity index (χ4v) is 0.822. The monoisotopic (exact) mass is 157 g/mol. The third-order valence-electron chi connectivity index (χ3n) is 1.51. The Morgan fingerprint density at radius 1 is 1.73 bits per heavy atom. The van der Waals surface area contributed by atoms with Crippen molar-refractivity contribution < 1.29 is 4.39 Å². The summed E-state index contributed by atoms with van der Waals surface area (Å²) in [7, 11) is 1.86. The van der Waals surface area contributed by atoms with Gasteiger partial charge in [0.15, 0.2) is 0 Å². The van der Waals surface area contributed by atoms with Gasteiger partial charge in [-0.3, -0.25) is 4.68 Å². The summed E-state index contributed by atoms with van der Waals surface area (Å²) in [5.74, 6) is 0.739. The first kappa shape index (κ1) is 8.04. The molecule has 11 heavy (non-hydrogen) atoms. The van der Waals surface area contributed by atoms with Crippen LogP contribution in [0.2, 0.25) is 0 Å². The zero-order valence-corrected chi connectivity index (χ0v) is 6.76. The van der Waals surface area contributed by atoms with E-state index in [9.17, 15) is 4.39 Å². The quantitative estimate of drug-likeness (QED) is 0.712. The molecule has 3 nitrogen and oxygen atoms in total.